The molecule has 0 unspecified atom stereocenters. The van der Waals surface area contributed by atoms with E-state index in [2.05, 4.69) is 16.2 Å². The number of ether oxygens (including phenoxy) is 1. The molecule has 8 nitrogen and oxygen atoms in total. The monoisotopic (exact) mass is 178 g/mol. The predicted molar refractivity (Wildman–Crippen MR) is 33.6 cm³/mol. The first-order chi connectivity index (χ1) is 5.41. The average molecular weight is 178 g/mol. The fourth-order valence-corrected chi connectivity index (χ4v) is 0.0474. The lowest BCUT2D eigenvalue weighted by atomic mass is 10.7. The van der Waals surface area contributed by atoms with Crippen LogP contribution >= 0.6 is 0 Å². The van der Waals surface area contributed by atoms with Crippen LogP contribution in [0, 0.1) is 0 Å². The van der Waals surface area contributed by atoms with Gasteiger partial charge < -0.3 is 21.3 Å². The molecule has 0 bridgehead atoms. The van der Waals surface area contributed by atoms with Gasteiger partial charge in [-0.3, -0.25) is 9.59 Å². The summed E-state index contributed by atoms with van der Waals surface area (Å²) in [6, 6.07) is 0. The van der Waals surface area contributed by atoms with Gasteiger partial charge in [-0.1, -0.05) is 0 Å². The molecule has 12 heavy (non-hydrogen) atoms. The molecule has 0 aliphatic carbocycles. The minimum atomic E-state index is -1.60. The number of nitrogens with two attached hydrogens (primary N) is 2. The number of carbonyl (C=O) groups is 4. The van der Waals surface area contributed by atoms with Gasteiger partial charge in [0.25, 0.3) is 0 Å². The van der Waals surface area contributed by atoms with Crippen molar-refractivity contribution in [3.05, 3.63) is 0 Å². The van der Waals surface area contributed by atoms with Gasteiger partial charge in [0.2, 0.25) is 0 Å². The van der Waals surface area contributed by atoms with E-state index in [0.29, 0.717) is 0 Å². The maximum absolute atomic E-state index is 9.37. The number of carboxylic acid groups (broad SMARTS) is 1. The highest BCUT2D eigenvalue weighted by Crippen LogP contribution is 1.57. The molecular formula is C4H6N2O6. The van der Waals surface area contributed by atoms with Crippen LogP contribution in [0.2, 0.25) is 0 Å². The minimum absolute atomic E-state index is 0.0255. The Morgan fingerprint density at radius 2 is 1.58 bits per heavy atom. The summed E-state index contributed by atoms with van der Waals surface area (Å²) in [5.41, 5.74) is 8.51. The van der Waals surface area contributed by atoms with Crippen molar-refractivity contribution < 1.29 is 29.0 Å². The maximum Gasteiger partial charge on any atom is 0.412 e. The fourth-order valence-electron chi connectivity index (χ4n) is 0.0474. The summed E-state index contributed by atoms with van der Waals surface area (Å²) in [6.07, 6.45) is -1.08. The number of hydrogen-bond acceptors (Lipinski definition) is 5. The van der Waals surface area contributed by atoms with Crippen molar-refractivity contribution in [3.8, 4) is 0 Å². The Kier molecular flexibility index (Phi) is 7.31. The van der Waals surface area contributed by atoms with Crippen molar-refractivity contribution in [1.29, 1.82) is 0 Å². The van der Waals surface area contributed by atoms with Crippen molar-refractivity contribution in [2.24, 2.45) is 11.5 Å². The minimum Gasteiger partial charge on any atom is -0.474 e. The Bertz CT molecular complexity index is 188. The van der Waals surface area contributed by atoms with Gasteiger partial charge in [0, 0.05) is 0 Å². The number of aliphatic carboxylic acids is 1. The summed E-state index contributed by atoms with van der Waals surface area (Å²) in [5.74, 6) is -2.93. The molecule has 0 fully saturated rings. The number of carbonyl (C=O) groups excluding carboxylic acids is 3. The molecule has 0 saturated carbocycles. The SMILES string of the molecule is NC(=O)C(=O)O.NC(=O)OC=O. The van der Waals surface area contributed by atoms with Gasteiger partial charge in [-0.05, 0) is 0 Å². The quantitative estimate of drug-likeness (QED) is 0.235. The van der Waals surface area contributed by atoms with Gasteiger partial charge >= 0.3 is 24.4 Å². The molecule has 0 atom stereocenters. The summed E-state index contributed by atoms with van der Waals surface area (Å²) in [6.45, 7) is -0.0255. The number of rotatable bonds is 1. The molecule has 0 aromatic rings. The highest BCUT2D eigenvalue weighted by Gasteiger charge is 2.00. The summed E-state index contributed by atoms with van der Waals surface area (Å²) in [5, 5.41) is 7.52. The van der Waals surface area contributed by atoms with E-state index in [-0.39, 0.29) is 6.47 Å². The topological polar surface area (TPSA) is 150 Å². The van der Waals surface area contributed by atoms with Gasteiger partial charge in [-0.15, -0.1) is 0 Å². The number of amides is 2. The number of hydrogen-bond donors (Lipinski definition) is 3. The van der Waals surface area contributed by atoms with Gasteiger partial charge in [-0.25, -0.2) is 9.59 Å². The van der Waals surface area contributed by atoms with E-state index < -0.39 is 18.0 Å². The maximum atomic E-state index is 9.37. The van der Waals surface area contributed by atoms with Gasteiger partial charge in [0.15, 0.2) is 0 Å². The number of carboxylic acids is 1. The van der Waals surface area contributed by atoms with Gasteiger partial charge in [-0.2, -0.15) is 0 Å². The Balaban J connectivity index is 0. The zero-order chi connectivity index (χ0) is 10.1. The van der Waals surface area contributed by atoms with E-state index in [4.69, 9.17) is 9.90 Å². The molecule has 0 saturated heterocycles. The first-order valence-corrected chi connectivity index (χ1v) is 2.34. The Labute approximate surface area is 66.1 Å². The molecule has 0 radical (unpaired) electrons. The zero-order valence-corrected chi connectivity index (χ0v) is 5.72. The second-order valence-corrected chi connectivity index (χ2v) is 1.20. The second-order valence-electron chi connectivity index (χ2n) is 1.20. The van der Waals surface area contributed by atoms with Gasteiger partial charge in [0.1, 0.15) is 0 Å². The lowest BCUT2D eigenvalue weighted by Gasteiger charge is -1.79. The molecule has 0 aromatic heterocycles. The third-order valence-electron chi connectivity index (χ3n) is 0.375. The van der Waals surface area contributed by atoms with Gasteiger partial charge in [0.05, 0.1) is 0 Å². The third-order valence-corrected chi connectivity index (χ3v) is 0.375. The molecule has 68 valence electrons. The van der Waals surface area contributed by atoms with Crippen LogP contribution in [0.1, 0.15) is 0 Å². The normalized spacial score (nSPS) is 7.00. The molecule has 2 amide bonds. The van der Waals surface area contributed by atoms with E-state index in [1.54, 1.807) is 0 Å². The highest BCUT2D eigenvalue weighted by atomic mass is 16.6. The molecule has 0 heterocycles. The van der Waals surface area contributed by atoms with Crippen LogP contribution in [-0.2, 0) is 19.1 Å². The van der Waals surface area contributed by atoms with Crippen LogP contribution in [-0.4, -0.2) is 29.5 Å². The largest absolute Gasteiger partial charge is 0.474 e. The summed E-state index contributed by atoms with van der Waals surface area (Å²) in [7, 11) is 0. The first kappa shape index (κ1) is 12.5. The van der Waals surface area contributed by atoms with E-state index >= 15 is 0 Å². The molecule has 0 aromatic carbocycles. The Morgan fingerprint density at radius 1 is 1.25 bits per heavy atom. The molecule has 5 N–H and O–H groups in total. The van der Waals surface area contributed by atoms with E-state index in [9.17, 15) is 14.4 Å². The van der Waals surface area contributed by atoms with Crippen LogP contribution in [0.15, 0.2) is 0 Å². The van der Waals surface area contributed by atoms with Crippen molar-refractivity contribution >= 4 is 24.4 Å². The standard InChI is InChI=1S/2C2H3NO3/c3-2(5)6-1-4;3-1(4)2(5)6/h1H,(H2,3,5);(H2,3,4)(H,5,6). The summed E-state index contributed by atoms with van der Waals surface area (Å²) >= 11 is 0. The van der Waals surface area contributed by atoms with E-state index in [1.165, 1.54) is 0 Å². The smallest absolute Gasteiger partial charge is 0.412 e. The lowest BCUT2D eigenvalue weighted by molar-refractivity contribution is -0.148. The molecule has 0 aliphatic rings. The van der Waals surface area contributed by atoms with Crippen molar-refractivity contribution in [2.75, 3.05) is 0 Å². The fraction of sp³-hybridized carbons (Fsp3) is 0. The van der Waals surface area contributed by atoms with Crippen LogP contribution in [0.3, 0.4) is 0 Å². The zero-order valence-electron chi connectivity index (χ0n) is 5.72. The van der Waals surface area contributed by atoms with Crippen LogP contribution < -0.4 is 11.5 Å². The van der Waals surface area contributed by atoms with Crippen molar-refractivity contribution in [3.63, 3.8) is 0 Å². The molecule has 0 spiro atoms. The number of primary amides is 2. The van der Waals surface area contributed by atoms with Crippen LogP contribution in [0.25, 0.3) is 0 Å². The molecule has 0 aliphatic heterocycles. The molecular weight excluding hydrogens is 172 g/mol. The average Bonchev–Trinajstić information content (AvgIpc) is 1.87. The van der Waals surface area contributed by atoms with Crippen molar-refractivity contribution in [2.45, 2.75) is 0 Å². The Hall–Kier alpha value is -2.12. The molecule has 0 rings (SSSR count). The third kappa shape index (κ3) is 15.7. The van der Waals surface area contributed by atoms with E-state index in [0.717, 1.165) is 0 Å². The predicted octanol–water partition coefficient (Wildman–Crippen LogP) is -2.21. The lowest BCUT2D eigenvalue weighted by Crippen LogP contribution is -2.21. The summed E-state index contributed by atoms with van der Waals surface area (Å²) in [4.78, 5) is 37.0. The van der Waals surface area contributed by atoms with Crippen molar-refractivity contribution in [1.82, 2.24) is 0 Å². The Morgan fingerprint density at radius 3 is 1.58 bits per heavy atom. The van der Waals surface area contributed by atoms with E-state index in [1.807, 2.05) is 0 Å². The first-order valence-electron chi connectivity index (χ1n) is 2.34. The highest BCUT2D eigenvalue weighted by molar-refractivity contribution is 6.30. The van der Waals surface area contributed by atoms with Crippen LogP contribution in [0.5, 0.6) is 0 Å². The molecule has 8 heteroatoms. The van der Waals surface area contributed by atoms with Crippen LogP contribution in [0.4, 0.5) is 4.79 Å². The second kappa shape index (κ2) is 6.99. The summed E-state index contributed by atoms with van der Waals surface area (Å²) < 4.78 is 3.50.